The van der Waals surface area contributed by atoms with E-state index in [-0.39, 0.29) is 17.4 Å². The molecular formula is C18H25NO4S. The van der Waals surface area contributed by atoms with Crippen LogP contribution in [0, 0.1) is 5.92 Å². The lowest BCUT2D eigenvalue weighted by Gasteiger charge is -2.35. The fraction of sp³-hybridized carbons (Fsp3) is 0.611. The highest BCUT2D eigenvalue weighted by Gasteiger charge is 2.32. The molecule has 0 aromatic heterocycles. The minimum atomic E-state index is -0.0890. The van der Waals surface area contributed by atoms with Gasteiger partial charge in [-0.15, -0.1) is 11.8 Å². The maximum atomic E-state index is 12.7. The normalized spacial score (nSPS) is 21.0. The summed E-state index contributed by atoms with van der Waals surface area (Å²) in [6.07, 6.45) is 1.85. The molecule has 2 aliphatic rings. The number of carbonyl (C=O) groups is 1. The Kier molecular flexibility index (Phi) is 6.03. The van der Waals surface area contributed by atoms with Gasteiger partial charge in [-0.05, 0) is 44.0 Å². The van der Waals surface area contributed by atoms with Gasteiger partial charge in [0.15, 0.2) is 6.29 Å². The fourth-order valence-electron chi connectivity index (χ4n) is 3.21. The monoisotopic (exact) mass is 351 g/mol. The van der Waals surface area contributed by atoms with E-state index in [2.05, 4.69) is 0 Å². The molecule has 0 spiro atoms. The predicted octanol–water partition coefficient (Wildman–Crippen LogP) is 2.79. The number of piperidine rings is 1. The van der Waals surface area contributed by atoms with Gasteiger partial charge in [0.1, 0.15) is 5.75 Å². The summed E-state index contributed by atoms with van der Waals surface area (Å²) in [5.74, 6) is 1.46. The zero-order valence-corrected chi connectivity index (χ0v) is 15.1. The second-order valence-electron chi connectivity index (χ2n) is 6.21. The van der Waals surface area contributed by atoms with E-state index in [4.69, 9.17) is 14.2 Å². The van der Waals surface area contributed by atoms with Crippen LogP contribution < -0.4 is 4.74 Å². The number of amides is 1. The molecule has 5 nitrogen and oxygen atoms in total. The standard InChI is InChI=1S/C18H25NO4S/c1-13(24-16-5-3-15(21-2)4-6-16)17(20)19-9-7-14(8-10-19)18-22-11-12-23-18/h3-6,13-14,18H,7-12H2,1-2H3. The summed E-state index contributed by atoms with van der Waals surface area (Å²) in [4.78, 5) is 15.7. The van der Waals surface area contributed by atoms with Crippen LogP contribution in [0.4, 0.5) is 0 Å². The fourth-order valence-corrected chi connectivity index (χ4v) is 4.16. The Morgan fingerprint density at radius 1 is 1.21 bits per heavy atom. The summed E-state index contributed by atoms with van der Waals surface area (Å²) in [6.45, 7) is 4.95. The van der Waals surface area contributed by atoms with Crippen molar-refractivity contribution in [1.82, 2.24) is 4.90 Å². The summed E-state index contributed by atoms with van der Waals surface area (Å²) in [5, 5.41) is -0.0890. The molecule has 0 aliphatic carbocycles. The van der Waals surface area contributed by atoms with Crippen LogP contribution in [0.5, 0.6) is 5.75 Å². The highest BCUT2D eigenvalue weighted by Crippen LogP contribution is 2.29. The maximum Gasteiger partial charge on any atom is 0.235 e. The van der Waals surface area contributed by atoms with Crippen molar-refractivity contribution < 1.29 is 19.0 Å². The van der Waals surface area contributed by atoms with E-state index < -0.39 is 0 Å². The molecule has 2 aliphatic heterocycles. The minimum absolute atomic E-state index is 0.0617. The molecule has 0 radical (unpaired) electrons. The van der Waals surface area contributed by atoms with E-state index in [1.165, 1.54) is 0 Å². The van der Waals surface area contributed by atoms with Gasteiger partial charge in [-0.2, -0.15) is 0 Å². The molecule has 132 valence electrons. The third kappa shape index (κ3) is 4.23. The molecule has 0 saturated carbocycles. The van der Waals surface area contributed by atoms with Gasteiger partial charge in [-0.3, -0.25) is 4.79 Å². The van der Waals surface area contributed by atoms with Crippen molar-refractivity contribution in [3.8, 4) is 5.75 Å². The van der Waals surface area contributed by atoms with Crippen molar-refractivity contribution in [3.05, 3.63) is 24.3 Å². The zero-order chi connectivity index (χ0) is 16.9. The number of ether oxygens (including phenoxy) is 3. The molecule has 24 heavy (non-hydrogen) atoms. The summed E-state index contributed by atoms with van der Waals surface area (Å²) in [5.41, 5.74) is 0. The molecular weight excluding hydrogens is 326 g/mol. The van der Waals surface area contributed by atoms with Crippen molar-refractivity contribution in [1.29, 1.82) is 0 Å². The number of carbonyl (C=O) groups excluding carboxylic acids is 1. The van der Waals surface area contributed by atoms with E-state index >= 15 is 0 Å². The second kappa shape index (κ2) is 8.23. The van der Waals surface area contributed by atoms with E-state index in [0.717, 1.165) is 36.6 Å². The molecule has 1 amide bonds. The van der Waals surface area contributed by atoms with Crippen LogP contribution >= 0.6 is 11.8 Å². The smallest absolute Gasteiger partial charge is 0.235 e. The Bertz CT molecular complexity index is 536. The van der Waals surface area contributed by atoms with E-state index in [1.54, 1.807) is 18.9 Å². The molecule has 0 bridgehead atoms. The Morgan fingerprint density at radius 3 is 2.42 bits per heavy atom. The lowest BCUT2D eigenvalue weighted by molar-refractivity contribution is -0.136. The molecule has 3 rings (SSSR count). The number of rotatable bonds is 5. The lowest BCUT2D eigenvalue weighted by atomic mass is 9.96. The first-order valence-electron chi connectivity index (χ1n) is 8.50. The third-order valence-corrected chi connectivity index (χ3v) is 5.70. The zero-order valence-electron chi connectivity index (χ0n) is 14.3. The molecule has 1 atom stereocenters. The van der Waals surface area contributed by atoms with Crippen LogP contribution in [-0.4, -0.2) is 55.8 Å². The van der Waals surface area contributed by atoms with Crippen LogP contribution in [0.25, 0.3) is 0 Å². The maximum absolute atomic E-state index is 12.7. The van der Waals surface area contributed by atoms with Gasteiger partial charge in [-0.1, -0.05) is 0 Å². The number of hydrogen-bond donors (Lipinski definition) is 0. The SMILES string of the molecule is COc1ccc(SC(C)C(=O)N2CCC(C3OCCO3)CC2)cc1. The van der Waals surface area contributed by atoms with Crippen LogP contribution in [0.15, 0.2) is 29.2 Å². The van der Waals surface area contributed by atoms with Crippen molar-refractivity contribution in [3.63, 3.8) is 0 Å². The second-order valence-corrected chi connectivity index (χ2v) is 7.62. The Labute approximate surface area is 147 Å². The van der Waals surface area contributed by atoms with Crippen molar-refractivity contribution in [2.45, 2.75) is 36.2 Å². The lowest BCUT2D eigenvalue weighted by Crippen LogP contribution is -2.44. The highest BCUT2D eigenvalue weighted by molar-refractivity contribution is 8.00. The Hall–Kier alpha value is -1.24. The van der Waals surface area contributed by atoms with Crippen molar-refractivity contribution in [2.75, 3.05) is 33.4 Å². The first-order chi connectivity index (χ1) is 11.7. The largest absolute Gasteiger partial charge is 0.497 e. The number of methoxy groups -OCH3 is 1. The van der Waals surface area contributed by atoms with Gasteiger partial charge in [0.05, 0.1) is 25.6 Å². The third-order valence-electron chi connectivity index (χ3n) is 4.60. The van der Waals surface area contributed by atoms with Gasteiger partial charge in [0.25, 0.3) is 0 Å². The summed E-state index contributed by atoms with van der Waals surface area (Å²) >= 11 is 1.59. The Balaban J connectivity index is 1.48. The van der Waals surface area contributed by atoms with Gasteiger partial charge in [0.2, 0.25) is 5.91 Å². The van der Waals surface area contributed by atoms with E-state index in [0.29, 0.717) is 19.1 Å². The van der Waals surface area contributed by atoms with Crippen molar-refractivity contribution in [2.24, 2.45) is 5.92 Å². The molecule has 2 fully saturated rings. The number of benzene rings is 1. The topological polar surface area (TPSA) is 48.0 Å². The number of thioether (sulfide) groups is 1. The quantitative estimate of drug-likeness (QED) is 0.764. The van der Waals surface area contributed by atoms with Crippen molar-refractivity contribution >= 4 is 17.7 Å². The molecule has 6 heteroatoms. The average molecular weight is 351 g/mol. The van der Waals surface area contributed by atoms with Crippen LogP contribution in [0.3, 0.4) is 0 Å². The molecule has 2 heterocycles. The first-order valence-corrected chi connectivity index (χ1v) is 9.38. The number of nitrogens with zero attached hydrogens (tertiary/aromatic N) is 1. The molecule has 1 aromatic carbocycles. The highest BCUT2D eigenvalue weighted by atomic mass is 32.2. The van der Waals surface area contributed by atoms with Crippen LogP contribution in [0.2, 0.25) is 0 Å². The first kappa shape index (κ1) is 17.6. The number of hydrogen-bond acceptors (Lipinski definition) is 5. The van der Waals surface area contributed by atoms with Gasteiger partial charge in [0, 0.05) is 23.9 Å². The van der Waals surface area contributed by atoms with E-state index in [9.17, 15) is 4.79 Å². The number of likely N-dealkylation sites (tertiary alicyclic amines) is 1. The summed E-state index contributed by atoms with van der Waals surface area (Å²) < 4.78 is 16.4. The van der Waals surface area contributed by atoms with Gasteiger partial charge < -0.3 is 19.1 Å². The minimum Gasteiger partial charge on any atom is -0.497 e. The molecule has 2 saturated heterocycles. The van der Waals surface area contributed by atoms with Crippen LogP contribution in [0.1, 0.15) is 19.8 Å². The van der Waals surface area contributed by atoms with Gasteiger partial charge >= 0.3 is 0 Å². The molecule has 0 N–H and O–H groups in total. The summed E-state index contributed by atoms with van der Waals surface area (Å²) in [7, 11) is 1.65. The van der Waals surface area contributed by atoms with E-state index in [1.807, 2.05) is 36.1 Å². The predicted molar refractivity (Wildman–Crippen MR) is 93.3 cm³/mol. The molecule has 1 unspecified atom stereocenters. The molecule has 1 aromatic rings. The van der Waals surface area contributed by atoms with Crippen LogP contribution in [-0.2, 0) is 14.3 Å². The average Bonchev–Trinajstić information content (AvgIpc) is 3.16. The summed E-state index contributed by atoms with van der Waals surface area (Å²) in [6, 6.07) is 7.84. The Morgan fingerprint density at radius 2 is 1.83 bits per heavy atom. The van der Waals surface area contributed by atoms with Gasteiger partial charge in [-0.25, -0.2) is 0 Å².